The predicted octanol–water partition coefficient (Wildman–Crippen LogP) is 1.65. The van der Waals surface area contributed by atoms with Crippen LogP contribution in [0, 0.1) is 0 Å². The number of amides is 1. The summed E-state index contributed by atoms with van der Waals surface area (Å²) >= 11 is 0. The van der Waals surface area contributed by atoms with Gasteiger partial charge in [0.05, 0.1) is 6.54 Å². The van der Waals surface area contributed by atoms with Crippen LogP contribution in [-0.4, -0.2) is 50.1 Å². The van der Waals surface area contributed by atoms with E-state index < -0.39 is 0 Å². The number of carbonyl (C=O) groups excluding carboxylic acids is 1. The number of anilines is 1. The predicted molar refractivity (Wildman–Crippen MR) is 85.6 cm³/mol. The maximum Gasteiger partial charge on any atom is 0.241 e. The molecule has 2 aliphatic rings. The first kappa shape index (κ1) is 14.4. The van der Waals surface area contributed by atoms with Crippen LogP contribution in [0.3, 0.4) is 0 Å². The van der Waals surface area contributed by atoms with Crippen LogP contribution in [0.4, 0.5) is 5.69 Å². The van der Waals surface area contributed by atoms with E-state index in [4.69, 9.17) is 0 Å². The molecule has 0 aliphatic carbocycles. The molecule has 114 valence electrons. The van der Waals surface area contributed by atoms with Crippen molar-refractivity contribution in [1.82, 2.24) is 10.2 Å². The third-order valence-electron chi connectivity index (χ3n) is 4.65. The minimum absolute atomic E-state index is 0.205. The highest BCUT2D eigenvalue weighted by Crippen LogP contribution is 2.19. The van der Waals surface area contributed by atoms with E-state index >= 15 is 0 Å². The third kappa shape index (κ3) is 3.56. The van der Waals surface area contributed by atoms with E-state index in [0.717, 1.165) is 31.7 Å². The highest BCUT2D eigenvalue weighted by atomic mass is 16.2. The summed E-state index contributed by atoms with van der Waals surface area (Å²) in [6.45, 7) is 3.39. The fourth-order valence-electron chi connectivity index (χ4n) is 3.20. The fraction of sp³-hybridized carbons (Fsp3) is 0.588. The normalized spacial score (nSPS) is 23.5. The van der Waals surface area contributed by atoms with Crippen LogP contribution in [0.5, 0.6) is 0 Å². The average Bonchev–Trinajstić information content (AvgIpc) is 2.52. The van der Waals surface area contributed by atoms with E-state index in [1.54, 1.807) is 4.90 Å². The smallest absolute Gasteiger partial charge is 0.241 e. The molecule has 0 bridgehead atoms. The van der Waals surface area contributed by atoms with Gasteiger partial charge in [0.2, 0.25) is 5.91 Å². The number of nitrogens with one attached hydrogen (secondary N) is 1. The van der Waals surface area contributed by atoms with Gasteiger partial charge in [0.15, 0.2) is 0 Å². The van der Waals surface area contributed by atoms with Crippen LogP contribution in [0.25, 0.3) is 0 Å². The largest absolute Gasteiger partial charge is 0.360 e. The van der Waals surface area contributed by atoms with Gasteiger partial charge < -0.3 is 15.1 Å². The number of piperidine rings is 1. The van der Waals surface area contributed by atoms with Crippen LogP contribution in [-0.2, 0) is 11.2 Å². The summed E-state index contributed by atoms with van der Waals surface area (Å²) in [7, 11) is 1.87. The lowest BCUT2D eigenvalue weighted by Gasteiger charge is -2.33. The lowest BCUT2D eigenvalue weighted by Crippen LogP contribution is -2.48. The molecule has 3 rings (SSSR count). The third-order valence-corrected chi connectivity index (χ3v) is 4.65. The number of benzene rings is 1. The first-order chi connectivity index (χ1) is 10.2. The zero-order valence-corrected chi connectivity index (χ0v) is 12.8. The van der Waals surface area contributed by atoms with Gasteiger partial charge in [0, 0.05) is 31.9 Å². The molecule has 1 aromatic carbocycles. The molecule has 0 spiro atoms. The van der Waals surface area contributed by atoms with Gasteiger partial charge in [-0.1, -0.05) is 18.6 Å². The Morgan fingerprint density at radius 3 is 2.67 bits per heavy atom. The van der Waals surface area contributed by atoms with Crippen molar-refractivity contribution in [2.24, 2.45) is 0 Å². The minimum Gasteiger partial charge on any atom is -0.360 e. The molecule has 1 aromatic rings. The molecule has 0 radical (unpaired) electrons. The van der Waals surface area contributed by atoms with Crippen molar-refractivity contribution in [1.29, 1.82) is 0 Å². The van der Waals surface area contributed by atoms with Gasteiger partial charge >= 0.3 is 0 Å². The molecular weight excluding hydrogens is 262 g/mol. The summed E-state index contributed by atoms with van der Waals surface area (Å²) in [5.74, 6) is 0.205. The van der Waals surface area contributed by atoms with E-state index in [2.05, 4.69) is 34.5 Å². The van der Waals surface area contributed by atoms with Crippen LogP contribution in [0.2, 0.25) is 0 Å². The zero-order chi connectivity index (χ0) is 14.7. The Morgan fingerprint density at radius 2 is 2.00 bits per heavy atom. The molecular formula is C17H25N3O. The second kappa shape index (κ2) is 6.48. The molecule has 1 atom stereocenters. The van der Waals surface area contributed by atoms with Gasteiger partial charge in [0.25, 0.3) is 0 Å². The summed E-state index contributed by atoms with van der Waals surface area (Å²) in [6, 6.07) is 9.39. The van der Waals surface area contributed by atoms with Crippen LogP contribution < -0.4 is 10.2 Å². The summed E-state index contributed by atoms with van der Waals surface area (Å²) in [4.78, 5) is 15.8. The van der Waals surface area contributed by atoms with Crippen molar-refractivity contribution >= 4 is 11.6 Å². The monoisotopic (exact) mass is 287 g/mol. The molecule has 2 fully saturated rings. The lowest BCUT2D eigenvalue weighted by molar-refractivity contribution is -0.129. The van der Waals surface area contributed by atoms with Crippen molar-refractivity contribution in [3.05, 3.63) is 29.8 Å². The first-order valence-corrected chi connectivity index (χ1v) is 8.03. The summed E-state index contributed by atoms with van der Waals surface area (Å²) < 4.78 is 0. The standard InChI is InChI=1S/C17H25N3O/c1-19-10-11-20(13-17(19)21)16-7-5-14(6-8-16)12-15-4-2-3-9-18-15/h5-8,15,18H,2-4,9-13H2,1H3. The Bertz CT molecular complexity index is 479. The second-order valence-electron chi connectivity index (χ2n) is 6.25. The summed E-state index contributed by atoms with van der Waals surface area (Å²) in [5.41, 5.74) is 2.55. The maximum atomic E-state index is 11.8. The van der Waals surface area contributed by atoms with E-state index in [-0.39, 0.29) is 5.91 Å². The molecule has 1 N–H and O–H groups in total. The average molecular weight is 287 g/mol. The van der Waals surface area contributed by atoms with Crippen molar-refractivity contribution in [3.8, 4) is 0 Å². The molecule has 2 heterocycles. The lowest BCUT2D eigenvalue weighted by atomic mass is 9.97. The van der Waals surface area contributed by atoms with Crippen LogP contribution in [0.1, 0.15) is 24.8 Å². The Labute approximate surface area is 127 Å². The maximum absolute atomic E-state index is 11.8. The topological polar surface area (TPSA) is 35.6 Å². The molecule has 2 aliphatic heterocycles. The van der Waals surface area contributed by atoms with Crippen LogP contribution in [0.15, 0.2) is 24.3 Å². The van der Waals surface area contributed by atoms with E-state index in [1.165, 1.54) is 24.8 Å². The molecule has 4 heteroatoms. The SMILES string of the molecule is CN1CCN(c2ccc(CC3CCCCN3)cc2)CC1=O. The van der Waals surface area contributed by atoms with Crippen LogP contribution >= 0.6 is 0 Å². The molecule has 1 amide bonds. The number of hydrogen-bond acceptors (Lipinski definition) is 3. The highest BCUT2D eigenvalue weighted by Gasteiger charge is 2.21. The molecule has 0 aromatic heterocycles. The van der Waals surface area contributed by atoms with E-state index in [1.807, 2.05) is 7.05 Å². The van der Waals surface area contributed by atoms with Gasteiger partial charge in [-0.25, -0.2) is 0 Å². The molecule has 0 saturated carbocycles. The Balaban J connectivity index is 1.60. The Kier molecular flexibility index (Phi) is 4.44. The number of carbonyl (C=O) groups is 1. The minimum atomic E-state index is 0.205. The molecule has 21 heavy (non-hydrogen) atoms. The fourth-order valence-corrected chi connectivity index (χ4v) is 3.20. The molecule has 2 saturated heterocycles. The first-order valence-electron chi connectivity index (χ1n) is 8.03. The highest BCUT2D eigenvalue weighted by molar-refractivity contribution is 5.82. The number of hydrogen-bond donors (Lipinski definition) is 1. The second-order valence-corrected chi connectivity index (χ2v) is 6.25. The number of piperazine rings is 1. The summed E-state index contributed by atoms with van der Waals surface area (Å²) in [5, 5.41) is 3.60. The van der Waals surface area contributed by atoms with Crippen molar-refractivity contribution in [2.45, 2.75) is 31.7 Å². The quantitative estimate of drug-likeness (QED) is 0.918. The number of likely N-dealkylation sites (N-methyl/N-ethyl adjacent to an activating group) is 1. The Hall–Kier alpha value is -1.55. The van der Waals surface area contributed by atoms with Gasteiger partial charge in [-0.2, -0.15) is 0 Å². The van der Waals surface area contributed by atoms with E-state index in [0.29, 0.717) is 12.6 Å². The van der Waals surface area contributed by atoms with Crippen molar-refractivity contribution < 1.29 is 4.79 Å². The Morgan fingerprint density at radius 1 is 1.19 bits per heavy atom. The van der Waals surface area contributed by atoms with E-state index in [9.17, 15) is 4.79 Å². The molecule has 4 nitrogen and oxygen atoms in total. The van der Waals surface area contributed by atoms with Gasteiger partial charge in [-0.3, -0.25) is 4.79 Å². The number of nitrogens with zero attached hydrogens (tertiary/aromatic N) is 2. The van der Waals surface area contributed by atoms with Gasteiger partial charge in [0.1, 0.15) is 0 Å². The molecule has 1 unspecified atom stereocenters. The van der Waals surface area contributed by atoms with Gasteiger partial charge in [-0.15, -0.1) is 0 Å². The zero-order valence-electron chi connectivity index (χ0n) is 12.8. The van der Waals surface area contributed by atoms with Crippen molar-refractivity contribution in [2.75, 3.05) is 38.1 Å². The van der Waals surface area contributed by atoms with Gasteiger partial charge in [-0.05, 0) is 43.5 Å². The summed E-state index contributed by atoms with van der Waals surface area (Å²) in [6.07, 6.45) is 5.06. The number of rotatable bonds is 3. The van der Waals surface area contributed by atoms with Crippen molar-refractivity contribution in [3.63, 3.8) is 0 Å².